The first-order valence-corrected chi connectivity index (χ1v) is 8.21. The summed E-state index contributed by atoms with van der Waals surface area (Å²) in [4.78, 5) is 27.3. The van der Waals surface area contributed by atoms with Gasteiger partial charge in [-0.3, -0.25) is 9.59 Å². The number of hydrogen-bond donors (Lipinski definition) is 1. The maximum Gasteiger partial charge on any atom is 0.255 e. The van der Waals surface area contributed by atoms with Crippen molar-refractivity contribution in [3.8, 4) is 0 Å². The average Bonchev–Trinajstić information content (AvgIpc) is 2.90. The number of primary amides is 1. The van der Waals surface area contributed by atoms with Crippen LogP contribution in [0.1, 0.15) is 40.6 Å². The highest BCUT2D eigenvalue weighted by molar-refractivity contribution is 7.10. The molecular weight excluding hydrogens is 288 g/mol. The van der Waals surface area contributed by atoms with Gasteiger partial charge in [0.15, 0.2) is 5.60 Å². The number of nitrogens with two attached hydrogens (primary N) is 1. The van der Waals surface area contributed by atoms with Crippen LogP contribution < -0.4 is 5.73 Å². The highest BCUT2D eigenvalue weighted by Crippen LogP contribution is 2.31. The van der Waals surface area contributed by atoms with Gasteiger partial charge in [0.2, 0.25) is 0 Å². The zero-order valence-corrected chi connectivity index (χ0v) is 13.0. The second-order valence-corrected chi connectivity index (χ2v) is 6.89. The molecule has 0 aromatic carbocycles. The molecule has 5 nitrogen and oxygen atoms in total. The molecule has 1 saturated heterocycles. The third-order valence-corrected chi connectivity index (χ3v) is 5.46. The molecule has 6 heteroatoms. The minimum atomic E-state index is -1.08. The summed E-state index contributed by atoms with van der Waals surface area (Å²) >= 11 is 1.68. The van der Waals surface area contributed by atoms with Crippen molar-refractivity contribution in [1.29, 1.82) is 0 Å². The molecule has 0 bridgehead atoms. The smallest absolute Gasteiger partial charge is 0.255 e. The molecule has 3 rings (SSSR count). The van der Waals surface area contributed by atoms with Crippen molar-refractivity contribution in [2.75, 3.05) is 19.7 Å². The van der Waals surface area contributed by atoms with Crippen LogP contribution in [0.25, 0.3) is 0 Å². The van der Waals surface area contributed by atoms with E-state index in [1.165, 1.54) is 16.9 Å². The first-order valence-electron chi connectivity index (χ1n) is 7.33. The normalized spacial score (nSPS) is 25.5. The molecule has 1 aliphatic heterocycles. The molecule has 1 aromatic heterocycles. The number of hydrogen-bond acceptors (Lipinski definition) is 4. The Hall–Kier alpha value is -1.40. The largest absolute Gasteiger partial charge is 0.367 e. The Morgan fingerprint density at radius 2 is 2.14 bits per heavy atom. The Bertz CT molecular complexity index is 583. The summed E-state index contributed by atoms with van der Waals surface area (Å²) in [5.74, 6) is -0.516. The molecule has 21 heavy (non-hydrogen) atoms. The maximum atomic E-state index is 12.8. The van der Waals surface area contributed by atoms with Crippen LogP contribution in [0, 0.1) is 0 Å². The summed E-state index contributed by atoms with van der Waals surface area (Å²) in [5.41, 5.74) is 6.33. The van der Waals surface area contributed by atoms with E-state index in [0.29, 0.717) is 13.2 Å². The number of carbonyl (C=O) groups excluding carboxylic acids is 2. The molecule has 114 valence electrons. The van der Waals surface area contributed by atoms with E-state index in [1.807, 2.05) is 5.38 Å². The molecule has 1 atom stereocenters. The van der Waals surface area contributed by atoms with Crippen LogP contribution in [0.3, 0.4) is 0 Å². The number of morpholine rings is 1. The van der Waals surface area contributed by atoms with Crippen molar-refractivity contribution in [2.45, 2.75) is 38.2 Å². The lowest BCUT2D eigenvalue weighted by Gasteiger charge is -2.38. The maximum absolute atomic E-state index is 12.8. The number of aryl methyl sites for hydroxylation is 1. The standard InChI is InChI=1S/C15H20N2O3S/c1-15(14(16)19)9-17(6-7-20-15)13(18)11-8-21-12-5-3-2-4-10(11)12/h8H,2-7,9H2,1H3,(H2,16,19)/t15-/m1/s1. The Morgan fingerprint density at radius 3 is 2.90 bits per heavy atom. The monoisotopic (exact) mass is 308 g/mol. The quantitative estimate of drug-likeness (QED) is 0.896. The summed E-state index contributed by atoms with van der Waals surface area (Å²) < 4.78 is 5.47. The van der Waals surface area contributed by atoms with Crippen LogP contribution in [-0.4, -0.2) is 42.0 Å². The van der Waals surface area contributed by atoms with E-state index in [2.05, 4.69) is 0 Å². The molecule has 0 unspecified atom stereocenters. The van der Waals surface area contributed by atoms with Gasteiger partial charge < -0.3 is 15.4 Å². The first kappa shape index (κ1) is 14.5. The zero-order valence-electron chi connectivity index (χ0n) is 12.2. The van der Waals surface area contributed by atoms with Gasteiger partial charge in [0.25, 0.3) is 11.8 Å². The molecule has 2 N–H and O–H groups in total. The van der Waals surface area contributed by atoms with Crippen LogP contribution >= 0.6 is 11.3 Å². The number of ether oxygens (including phenoxy) is 1. The van der Waals surface area contributed by atoms with Crippen LogP contribution in [-0.2, 0) is 22.4 Å². The molecule has 1 aromatic rings. The molecule has 0 radical (unpaired) electrons. The summed E-state index contributed by atoms with van der Waals surface area (Å²) in [6.45, 7) is 2.73. The third-order valence-electron chi connectivity index (χ3n) is 4.37. The fourth-order valence-corrected chi connectivity index (χ4v) is 4.16. The van der Waals surface area contributed by atoms with E-state index >= 15 is 0 Å². The minimum Gasteiger partial charge on any atom is -0.367 e. The Balaban J connectivity index is 1.82. The number of nitrogens with zero attached hydrogens (tertiary/aromatic N) is 1. The predicted octanol–water partition coefficient (Wildman–Crippen LogP) is 1.34. The summed E-state index contributed by atoms with van der Waals surface area (Å²) in [6.07, 6.45) is 4.41. The van der Waals surface area contributed by atoms with Gasteiger partial charge >= 0.3 is 0 Å². The second-order valence-electron chi connectivity index (χ2n) is 5.93. The molecule has 0 saturated carbocycles. The van der Waals surface area contributed by atoms with Crippen LogP contribution in [0.5, 0.6) is 0 Å². The van der Waals surface area contributed by atoms with Gasteiger partial charge in [0.1, 0.15) is 0 Å². The first-order chi connectivity index (χ1) is 10.0. The lowest BCUT2D eigenvalue weighted by molar-refractivity contribution is -0.150. The van der Waals surface area contributed by atoms with E-state index in [-0.39, 0.29) is 12.5 Å². The molecule has 1 fully saturated rings. The van der Waals surface area contributed by atoms with Crippen LogP contribution in [0.15, 0.2) is 5.38 Å². The van der Waals surface area contributed by atoms with Crippen LogP contribution in [0.4, 0.5) is 0 Å². The van der Waals surface area contributed by atoms with Gasteiger partial charge in [-0.25, -0.2) is 0 Å². The lowest BCUT2D eigenvalue weighted by atomic mass is 9.95. The topological polar surface area (TPSA) is 72.6 Å². The van der Waals surface area contributed by atoms with Gasteiger partial charge in [0, 0.05) is 16.8 Å². The lowest BCUT2D eigenvalue weighted by Crippen LogP contribution is -2.58. The Kier molecular flexibility index (Phi) is 3.75. The highest BCUT2D eigenvalue weighted by atomic mass is 32.1. The number of rotatable bonds is 2. The van der Waals surface area contributed by atoms with Crippen molar-refractivity contribution < 1.29 is 14.3 Å². The van der Waals surface area contributed by atoms with E-state index in [0.717, 1.165) is 24.8 Å². The average molecular weight is 308 g/mol. The fourth-order valence-electron chi connectivity index (χ4n) is 3.04. The van der Waals surface area contributed by atoms with Crippen LogP contribution in [0.2, 0.25) is 0 Å². The SMILES string of the molecule is C[C@]1(C(N)=O)CN(C(=O)c2csc3c2CCCC3)CCO1. The van der Waals surface area contributed by atoms with Gasteiger partial charge in [-0.1, -0.05) is 0 Å². The molecule has 2 heterocycles. The molecule has 1 aliphatic carbocycles. The zero-order chi connectivity index (χ0) is 15.0. The van der Waals surface area contributed by atoms with E-state index in [4.69, 9.17) is 10.5 Å². The number of thiophene rings is 1. The molecule has 2 amide bonds. The van der Waals surface area contributed by atoms with Crippen molar-refractivity contribution in [3.05, 3.63) is 21.4 Å². The summed E-state index contributed by atoms with van der Waals surface area (Å²) in [7, 11) is 0. The molecule has 0 spiro atoms. The van der Waals surface area contributed by atoms with Gasteiger partial charge in [-0.2, -0.15) is 0 Å². The summed E-state index contributed by atoms with van der Waals surface area (Å²) in [6, 6.07) is 0. The van der Waals surface area contributed by atoms with Crippen molar-refractivity contribution >= 4 is 23.2 Å². The van der Waals surface area contributed by atoms with Crippen molar-refractivity contribution in [2.24, 2.45) is 5.73 Å². The number of fused-ring (bicyclic) bond motifs is 1. The van der Waals surface area contributed by atoms with E-state index in [9.17, 15) is 9.59 Å². The van der Waals surface area contributed by atoms with E-state index in [1.54, 1.807) is 23.2 Å². The van der Waals surface area contributed by atoms with Gasteiger partial charge in [-0.15, -0.1) is 11.3 Å². The van der Waals surface area contributed by atoms with Gasteiger partial charge in [-0.05, 0) is 38.2 Å². The third kappa shape index (κ3) is 2.58. The van der Waals surface area contributed by atoms with Crippen molar-refractivity contribution in [1.82, 2.24) is 4.90 Å². The predicted molar refractivity (Wildman–Crippen MR) is 80.4 cm³/mol. The molecule has 2 aliphatic rings. The number of carbonyl (C=O) groups is 2. The second kappa shape index (κ2) is 5.42. The Morgan fingerprint density at radius 1 is 1.38 bits per heavy atom. The molecular formula is C15H20N2O3S. The highest BCUT2D eigenvalue weighted by Gasteiger charge is 2.40. The van der Waals surface area contributed by atoms with Crippen molar-refractivity contribution in [3.63, 3.8) is 0 Å². The van der Waals surface area contributed by atoms with Gasteiger partial charge in [0.05, 0.1) is 18.7 Å². The fraction of sp³-hybridized carbons (Fsp3) is 0.600. The summed E-state index contributed by atoms with van der Waals surface area (Å²) in [5, 5.41) is 1.97. The number of amides is 2. The Labute approximate surface area is 128 Å². The minimum absolute atomic E-state index is 0.00479. The van der Waals surface area contributed by atoms with E-state index < -0.39 is 11.5 Å².